The zero-order chi connectivity index (χ0) is 13.0. The van der Waals surface area contributed by atoms with E-state index >= 15 is 0 Å². The van der Waals surface area contributed by atoms with Gasteiger partial charge in [-0.3, -0.25) is 9.78 Å². The molecule has 0 radical (unpaired) electrons. The topological polar surface area (TPSA) is 54.9 Å². The van der Waals surface area contributed by atoms with Crippen LogP contribution >= 0.6 is 11.3 Å². The Morgan fingerprint density at radius 3 is 2.83 bits per heavy atom. The number of aryl methyl sites for hydroxylation is 2. The largest absolute Gasteiger partial charge is 0.350 e. The van der Waals surface area contributed by atoms with Crippen LogP contribution in [-0.4, -0.2) is 22.4 Å². The fraction of sp³-hybridized carbons (Fsp3) is 0.308. The lowest BCUT2D eigenvalue weighted by Crippen LogP contribution is -2.26. The van der Waals surface area contributed by atoms with Crippen LogP contribution < -0.4 is 5.32 Å². The van der Waals surface area contributed by atoms with Gasteiger partial charge in [-0.25, -0.2) is 4.98 Å². The molecule has 4 nitrogen and oxygen atoms in total. The van der Waals surface area contributed by atoms with Crippen LogP contribution in [0.25, 0.3) is 0 Å². The summed E-state index contributed by atoms with van der Waals surface area (Å²) < 4.78 is 0. The molecule has 0 atom stereocenters. The van der Waals surface area contributed by atoms with E-state index < -0.39 is 0 Å². The van der Waals surface area contributed by atoms with E-state index in [4.69, 9.17) is 0 Å². The minimum Gasteiger partial charge on any atom is -0.350 e. The van der Waals surface area contributed by atoms with Gasteiger partial charge in [0.25, 0.3) is 5.91 Å². The van der Waals surface area contributed by atoms with E-state index in [-0.39, 0.29) is 5.91 Å². The summed E-state index contributed by atoms with van der Waals surface area (Å²) in [7, 11) is 0. The summed E-state index contributed by atoms with van der Waals surface area (Å²) in [6.45, 7) is 4.60. The number of hydrogen-bond donors (Lipinski definition) is 1. The van der Waals surface area contributed by atoms with Crippen LogP contribution in [0, 0.1) is 13.8 Å². The quantitative estimate of drug-likeness (QED) is 0.917. The zero-order valence-electron chi connectivity index (χ0n) is 10.4. The number of carbonyl (C=O) groups is 1. The maximum Gasteiger partial charge on any atom is 0.269 e. The highest BCUT2D eigenvalue weighted by Gasteiger charge is 2.07. The SMILES string of the molecule is Cc1nc(C)c(CCNC(=O)c2ccccn2)s1. The molecule has 2 heterocycles. The summed E-state index contributed by atoms with van der Waals surface area (Å²) in [5.74, 6) is -0.130. The lowest BCUT2D eigenvalue weighted by atomic mass is 10.3. The monoisotopic (exact) mass is 261 g/mol. The molecule has 94 valence electrons. The highest BCUT2D eigenvalue weighted by atomic mass is 32.1. The van der Waals surface area contributed by atoms with Crippen LogP contribution in [0.15, 0.2) is 24.4 Å². The Kier molecular flexibility index (Phi) is 4.04. The van der Waals surface area contributed by atoms with Crippen LogP contribution in [0.1, 0.15) is 26.1 Å². The third-order valence-corrected chi connectivity index (χ3v) is 3.67. The van der Waals surface area contributed by atoms with E-state index in [0.717, 1.165) is 17.1 Å². The van der Waals surface area contributed by atoms with E-state index in [9.17, 15) is 4.79 Å². The van der Waals surface area contributed by atoms with Crippen molar-refractivity contribution in [2.24, 2.45) is 0 Å². The van der Waals surface area contributed by atoms with Crippen molar-refractivity contribution in [3.8, 4) is 0 Å². The number of rotatable bonds is 4. The molecule has 0 saturated heterocycles. The van der Waals surface area contributed by atoms with Gasteiger partial charge in [-0.15, -0.1) is 11.3 Å². The minimum absolute atomic E-state index is 0.130. The van der Waals surface area contributed by atoms with E-state index in [0.29, 0.717) is 12.2 Å². The van der Waals surface area contributed by atoms with Crippen molar-refractivity contribution in [1.29, 1.82) is 0 Å². The Balaban J connectivity index is 1.86. The van der Waals surface area contributed by atoms with Crippen LogP contribution in [0.5, 0.6) is 0 Å². The Morgan fingerprint density at radius 1 is 1.39 bits per heavy atom. The second-order valence-corrected chi connectivity index (χ2v) is 5.25. The molecule has 0 aromatic carbocycles. The van der Waals surface area contributed by atoms with E-state index in [1.807, 2.05) is 13.8 Å². The first-order chi connectivity index (χ1) is 8.66. The third kappa shape index (κ3) is 3.13. The lowest BCUT2D eigenvalue weighted by Gasteiger charge is -2.03. The molecular formula is C13H15N3OS. The van der Waals surface area contributed by atoms with Crippen LogP contribution in [0.3, 0.4) is 0 Å². The fourth-order valence-electron chi connectivity index (χ4n) is 1.68. The van der Waals surface area contributed by atoms with Gasteiger partial charge >= 0.3 is 0 Å². The summed E-state index contributed by atoms with van der Waals surface area (Å²) >= 11 is 1.68. The maximum absolute atomic E-state index is 11.7. The average molecular weight is 261 g/mol. The lowest BCUT2D eigenvalue weighted by molar-refractivity contribution is 0.0949. The first-order valence-corrected chi connectivity index (χ1v) is 6.60. The predicted molar refractivity (Wildman–Crippen MR) is 71.9 cm³/mol. The van der Waals surface area contributed by atoms with Gasteiger partial charge in [0.05, 0.1) is 10.7 Å². The molecule has 0 aliphatic rings. The molecule has 1 N–H and O–H groups in total. The normalized spacial score (nSPS) is 10.3. The predicted octanol–water partition coefficient (Wildman–Crippen LogP) is 2.13. The van der Waals surface area contributed by atoms with Crippen molar-refractivity contribution in [2.45, 2.75) is 20.3 Å². The van der Waals surface area contributed by atoms with Crippen molar-refractivity contribution in [1.82, 2.24) is 15.3 Å². The van der Waals surface area contributed by atoms with Crippen molar-refractivity contribution in [2.75, 3.05) is 6.54 Å². The Morgan fingerprint density at radius 2 is 2.22 bits per heavy atom. The Hall–Kier alpha value is -1.75. The Bertz CT molecular complexity index is 536. The third-order valence-electron chi connectivity index (χ3n) is 2.53. The molecule has 2 aromatic heterocycles. The molecule has 0 spiro atoms. The molecule has 0 saturated carbocycles. The van der Waals surface area contributed by atoms with Crippen molar-refractivity contribution >= 4 is 17.2 Å². The number of nitrogens with zero attached hydrogens (tertiary/aromatic N) is 2. The molecule has 0 fully saturated rings. The van der Waals surface area contributed by atoms with Gasteiger partial charge in [0.2, 0.25) is 0 Å². The number of hydrogen-bond acceptors (Lipinski definition) is 4. The standard InChI is InChI=1S/C13H15N3OS/c1-9-12(18-10(2)16-9)6-8-15-13(17)11-5-3-4-7-14-11/h3-5,7H,6,8H2,1-2H3,(H,15,17). The molecule has 0 unspecified atom stereocenters. The summed E-state index contributed by atoms with van der Waals surface area (Å²) in [6, 6.07) is 5.30. The number of carbonyl (C=O) groups excluding carboxylic acids is 1. The van der Waals surface area contributed by atoms with Gasteiger partial charge in [-0.05, 0) is 26.0 Å². The van der Waals surface area contributed by atoms with Crippen molar-refractivity contribution < 1.29 is 4.79 Å². The number of amides is 1. The van der Waals surface area contributed by atoms with Crippen LogP contribution in [0.4, 0.5) is 0 Å². The summed E-state index contributed by atoms with van der Waals surface area (Å²) in [5.41, 5.74) is 1.51. The van der Waals surface area contributed by atoms with E-state index in [1.54, 1.807) is 35.7 Å². The maximum atomic E-state index is 11.7. The van der Waals surface area contributed by atoms with Gasteiger partial charge in [0.15, 0.2) is 0 Å². The van der Waals surface area contributed by atoms with Gasteiger partial charge in [-0.2, -0.15) is 0 Å². The van der Waals surface area contributed by atoms with Crippen molar-refractivity contribution in [3.05, 3.63) is 45.7 Å². The number of aromatic nitrogens is 2. The zero-order valence-corrected chi connectivity index (χ0v) is 11.3. The fourth-order valence-corrected chi connectivity index (χ4v) is 2.62. The van der Waals surface area contributed by atoms with E-state index in [1.165, 1.54) is 4.88 Å². The molecule has 0 bridgehead atoms. The molecule has 0 aliphatic carbocycles. The first kappa shape index (κ1) is 12.7. The van der Waals surface area contributed by atoms with Crippen LogP contribution in [-0.2, 0) is 6.42 Å². The molecule has 18 heavy (non-hydrogen) atoms. The number of pyridine rings is 1. The first-order valence-electron chi connectivity index (χ1n) is 5.79. The molecule has 2 aromatic rings. The molecule has 2 rings (SSSR count). The minimum atomic E-state index is -0.130. The van der Waals surface area contributed by atoms with Gasteiger partial charge in [0, 0.05) is 24.0 Å². The highest BCUT2D eigenvalue weighted by Crippen LogP contribution is 2.17. The molecule has 5 heteroatoms. The highest BCUT2D eigenvalue weighted by molar-refractivity contribution is 7.11. The molecule has 1 amide bonds. The van der Waals surface area contributed by atoms with Gasteiger partial charge in [-0.1, -0.05) is 6.07 Å². The van der Waals surface area contributed by atoms with Gasteiger partial charge in [0.1, 0.15) is 5.69 Å². The summed E-state index contributed by atoms with van der Waals surface area (Å²) in [5, 5.41) is 3.93. The second-order valence-electron chi connectivity index (χ2n) is 3.96. The number of thiazole rings is 1. The van der Waals surface area contributed by atoms with Crippen LogP contribution in [0.2, 0.25) is 0 Å². The smallest absolute Gasteiger partial charge is 0.269 e. The van der Waals surface area contributed by atoms with E-state index in [2.05, 4.69) is 15.3 Å². The average Bonchev–Trinajstić information content (AvgIpc) is 2.69. The second kappa shape index (κ2) is 5.73. The summed E-state index contributed by atoms with van der Waals surface area (Å²) in [6.07, 6.45) is 2.43. The molecule has 0 aliphatic heterocycles. The van der Waals surface area contributed by atoms with Gasteiger partial charge < -0.3 is 5.32 Å². The Labute approximate surface area is 110 Å². The summed E-state index contributed by atoms with van der Waals surface area (Å²) in [4.78, 5) is 21.3. The number of nitrogens with one attached hydrogen (secondary N) is 1. The molecular weight excluding hydrogens is 246 g/mol. The van der Waals surface area contributed by atoms with Crippen molar-refractivity contribution in [3.63, 3.8) is 0 Å².